The molecular weight excluding hydrogens is 120 g/mol. The Labute approximate surface area is 49.6 Å². The molecule has 2 N–H and O–H groups in total. The van der Waals surface area contributed by atoms with Crippen molar-refractivity contribution in [2.75, 3.05) is 0 Å². The zero-order valence-corrected chi connectivity index (χ0v) is 5.33. The Hall–Kier alpha value is -0.383. The van der Waals surface area contributed by atoms with Gasteiger partial charge in [-0.3, -0.25) is 0 Å². The van der Waals surface area contributed by atoms with Crippen LogP contribution in [0.25, 0.3) is 0 Å². The van der Waals surface area contributed by atoms with Crippen molar-refractivity contribution in [1.29, 1.82) is 0 Å². The zero-order chi connectivity index (χ0) is 5.98. The van der Waals surface area contributed by atoms with Crippen molar-refractivity contribution in [2.45, 2.75) is 6.42 Å². The van der Waals surface area contributed by atoms with E-state index in [2.05, 4.69) is 0 Å². The van der Waals surface area contributed by atoms with Crippen LogP contribution in [0.3, 0.4) is 0 Å². The summed E-state index contributed by atoms with van der Waals surface area (Å²) in [6.07, 6.45) is 6.23. The predicted molar refractivity (Wildman–Crippen MR) is 32.0 cm³/mol. The van der Waals surface area contributed by atoms with E-state index in [4.69, 9.17) is 9.59 Å². The van der Waals surface area contributed by atoms with Crippen molar-refractivity contribution < 1.29 is 9.59 Å². The maximum absolute atomic E-state index is 8.60. The van der Waals surface area contributed by atoms with Gasteiger partial charge >= 0.3 is 9.28 Å². The molecule has 0 heterocycles. The first-order valence-electron chi connectivity index (χ1n) is 2.41. The van der Waals surface area contributed by atoms with Crippen LogP contribution in [0.5, 0.6) is 0 Å². The highest BCUT2D eigenvalue weighted by Crippen LogP contribution is 2.09. The summed E-state index contributed by atoms with van der Waals surface area (Å²) in [5.74, 6) is 0. The van der Waals surface area contributed by atoms with E-state index in [9.17, 15) is 0 Å². The van der Waals surface area contributed by atoms with Crippen LogP contribution in [0, 0.1) is 0 Å². The highest BCUT2D eigenvalue weighted by Gasteiger charge is 2.11. The molecule has 0 bridgehead atoms. The Bertz CT molecular complexity index is 137. The van der Waals surface area contributed by atoms with Crippen LogP contribution in [-0.2, 0) is 0 Å². The Kier molecular flexibility index (Phi) is 1.62. The largest absolute Gasteiger partial charge is 0.413 e. The first-order chi connectivity index (χ1) is 3.80. The van der Waals surface area contributed by atoms with Gasteiger partial charge in [0.05, 0.1) is 0 Å². The molecule has 0 amide bonds. The predicted octanol–water partition coefficient (Wildman–Crippen LogP) is -0.115. The molecule has 1 radical (unpaired) electrons. The summed E-state index contributed by atoms with van der Waals surface area (Å²) >= 11 is 0. The van der Waals surface area contributed by atoms with Gasteiger partial charge in [-0.25, -0.2) is 0 Å². The van der Waals surface area contributed by atoms with E-state index in [1.54, 1.807) is 6.08 Å². The maximum atomic E-state index is 8.60. The fraction of sp³-hybridized carbons (Fsp3) is 0.200. The van der Waals surface area contributed by atoms with Gasteiger partial charge in [-0.05, 0) is 11.6 Å². The quantitative estimate of drug-likeness (QED) is 0.482. The summed E-state index contributed by atoms with van der Waals surface area (Å²) in [5.41, 5.74) is 0. The van der Waals surface area contributed by atoms with Crippen LogP contribution >= 0.6 is 0 Å². The third kappa shape index (κ3) is 1.06. The molecule has 0 fully saturated rings. The standard InChI is InChI=1S/C5H7O2Si/c6-8(7)5-3-1-2-4-5/h1-3,6-7H,4H2. The van der Waals surface area contributed by atoms with Gasteiger partial charge < -0.3 is 9.59 Å². The average molecular weight is 127 g/mol. The topological polar surface area (TPSA) is 40.5 Å². The molecule has 1 aliphatic carbocycles. The van der Waals surface area contributed by atoms with E-state index < -0.39 is 9.28 Å². The van der Waals surface area contributed by atoms with Gasteiger partial charge in [-0.2, -0.15) is 0 Å². The molecule has 0 saturated carbocycles. The molecule has 0 aromatic rings. The van der Waals surface area contributed by atoms with E-state index in [1.807, 2.05) is 12.2 Å². The average Bonchev–Trinajstić information content (AvgIpc) is 2.12. The van der Waals surface area contributed by atoms with Gasteiger partial charge in [-0.15, -0.1) is 0 Å². The molecule has 1 aliphatic rings. The summed E-state index contributed by atoms with van der Waals surface area (Å²) in [6, 6.07) is 0. The van der Waals surface area contributed by atoms with Crippen molar-refractivity contribution >= 4 is 9.28 Å². The molecule has 43 valence electrons. The lowest BCUT2D eigenvalue weighted by molar-refractivity contribution is 0.418. The van der Waals surface area contributed by atoms with Crippen molar-refractivity contribution in [3.8, 4) is 0 Å². The molecule has 0 aromatic carbocycles. The van der Waals surface area contributed by atoms with Crippen LogP contribution in [0.1, 0.15) is 6.42 Å². The molecule has 0 unspecified atom stereocenters. The minimum absolute atomic E-state index is 0.724. The second-order valence-electron chi connectivity index (χ2n) is 1.65. The summed E-state index contributed by atoms with van der Waals surface area (Å²) < 4.78 is 0. The SMILES string of the molecule is O[Si](O)C1=CC=CC1. The van der Waals surface area contributed by atoms with Crippen LogP contribution < -0.4 is 0 Å². The number of allylic oxidation sites excluding steroid dienone is 4. The van der Waals surface area contributed by atoms with E-state index in [1.165, 1.54) is 0 Å². The van der Waals surface area contributed by atoms with E-state index in [0.717, 1.165) is 11.6 Å². The van der Waals surface area contributed by atoms with Gasteiger partial charge in [0.25, 0.3) is 0 Å². The number of rotatable bonds is 1. The second kappa shape index (κ2) is 2.26. The van der Waals surface area contributed by atoms with Gasteiger partial charge in [0, 0.05) is 0 Å². The Balaban J connectivity index is 2.51. The fourth-order valence-electron chi connectivity index (χ4n) is 0.613. The Morgan fingerprint density at radius 1 is 1.50 bits per heavy atom. The van der Waals surface area contributed by atoms with E-state index in [0.29, 0.717) is 0 Å². The van der Waals surface area contributed by atoms with Crippen LogP contribution in [0.4, 0.5) is 0 Å². The minimum atomic E-state index is -2.11. The maximum Gasteiger partial charge on any atom is 0.413 e. The Morgan fingerprint density at radius 2 is 2.25 bits per heavy atom. The molecule has 0 aliphatic heterocycles. The molecule has 0 aromatic heterocycles. The van der Waals surface area contributed by atoms with Crippen LogP contribution in [0.15, 0.2) is 23.4 Å². The molecule has 8 heavy (non-hydrogen) atoms. The monoisotopic (exact) mass is 127 g/mol. The first-order valence-corrected chi connectivity index (χ1v) is 3.81. The van der Waals surface area contributed by atoms with Crippen molar-refractivity contribution in [3.63, 3.8) is 0 Å². The minimum Gasteiger partial charge on any atom is -0.407 e. The van der Waals surface area contributed by atoms with Crippen molar-refractivity contribution in [2.24, 2.45) is 0 Å². The molecule has 1 rings (SSSR count). The van der Waals surface area contributed by atoms with Crippen LogP contribution in [-0.4, -0.2) is 18.9 Å². The molecular formula is C5H7O2Si. The van der Waals surface area contributed by atoms with Crippen molar-refractivity contribution in [3.05, 3.63) is 23.4 Å². The summed E-state index contributed by atoms with van der Waals surface area (Å²) in [7, 11) is -2.11. The summed E-state index contributed by atoms with van der Waals surface area (Å²) in [6.45, 7) is 0. The molecule has 0 atom stereocenters. The number of hydrogen-bond acceptors (Lipinski definition) is 2. The fourth-order valence-corrected chi connectivity index (χ4v) is 1.16. The van der Waals surface area contributed by atoms with Gasteiger partial charge in [0.1, 0.15) is 0 Å². The highest BCUT2D eigenvalue weighted by molar-refractivity contribution is 6.50. The lowest BCUT2D eigenvalue weighted by Crippen LogP contribution is -2.13. The third-order valence-electron chi connectivity index (χ3n) is 1.06. The third-order valence-corrected chi connectivity index (χ3v) is 2.00. The summed E-state index contributed by atoms with van der Waals surface area (Å²) in [4.78, 5) is 17.2. The van der Waals surface area contributed by atoms with Crippen molar-refractivity contribution in [1.82, 2.24) is 0 Å². The lowest BCUT2D eigenvalue weighted by atomic mass is 10.5. The molecule has 0 saturated heterocycles. The van der Waals surface area contributed by atoms with Crippen LogP contribution in [0.2, 0.25) is 0 Å². The van der Waals surface area contributed by atoms with Gasteiger partial charge in [0.2, 0.25) is 0 Å². The molecule has 3 heteroatoms. The first kappa shape index (κ1) is 5.75. The second-order valence-corrected chi connectivity index (χ2v) is 2.94. The molecule has 0 spiro atoms. The summed E-state index contributed by atoms with van der Waals surface area (Å²) in [5, 5.41) is 0.773. The highest BCUT2D eigenvalue weighted by atomic mass is 28.3. The van der Waals surface area contributed by atoms with E-state index >= 15 is 0 Å². The lowest BCUT2D eigenvalue weighted by Gasteiger charge is -1.95. The molecule has 2 nitrogen and oxygen atoms in total. The van der Waals surface area contributed by atoms with Gasteiger partial charge in [0.15, 0.2) is 0 Å². The number of hydrogen-bond donors (Lipinski definition) is 2. The normalized spacial score (nSPS) is 17.6. The smallest absolute Gasteiger partial charge is 0.407 e. The van der Waals surface area contributed by atoms with E-state index in [-0.39, 0.29) is 0 Å². The van der Waals surface area contributed by atoms with Gasteiger partial charge in [-0.1, -0.05) is 18.2 Å². The Morgan fingerprint density at radius 3 is 2.50 bits per heavy atom. The zero-order valence-electron chi connectivity index (χ0n) is 4.33.